The quantitative estimate of drug-likeness (QED) is 0.575. The van der Waals surface area contributed by atoms with Gasteiger partial charge < -0.3 is 24.4 Å². The molecule has 0 atom stereocenters. The highest BCUT2D eigenvalue weighted by atomic mass is 16.5. The maximum absolute atomic E-state index is 12.8. The van der Waals surface area contributed by atoms with Crippen LogP contribution in [-0.4, -0.2) is 62.8 Å². The molecule has 0 spiro atoms. The molecular weight excluding hydrogens is 408 g/mol. The molecule has 1 aliphatic rings. The lowest BCUT2D eigenvalue weighted by Crippen LogP contribution is -2.47. The Kier molecular flexibility index (Phi) is 8.92. The Balaban J connectivity index is 1.50. The summed E-state index contributed by atoms with van der Waals surface area (Å²) in [6.45, 7) is 4.67. The fraction of sp³-hybridized carbons (Fsp3) is 0.440. The average Bonchev–Trinajstić information content (AvgIpc) is 2.83. The van der Waals surface area contributed by atoms with E-state index in [2.05, 4.69) is 5.32 Å². The van der Waals surface area contributed by atoms with Gasteiger partial charge in [0.05, 0.1) is 25.7 Å². The van der Waals surface area contributed by atoms with Crippen LogP contribution >= 0.6 is 0 Å². The molecule has 0 bridgehead atoms. The van der Waals surface area contributed by atoms with Gasteiger partial charge in [-0.3, -0.25) is 9.59 Å². The van der Waals surface area contributed by atoms with Crippen LogP contribution in [-0.2, 0) is 16.0 Å². The first-order chi connectivity index (χ1) is 15.6. The molecule has 1 N–H and O–H groups in total. The Morgan fingerprint density at radius 1 is 1.00 bits per heavy atom. The first-order valence-corrected chi connectivity index (χ1v) is 11.1. The number of likely N-dealkylation sites (tertiary alicyclic amines) is 1. The van der Waals surface area contributed by atoms with Gasteiger partial charge in [0.1, 0.15) is 18.1 Å². The first kappa shape index (κ1) is 23.6. The van der Waals surface area contributed by atoms with E-state index in [9.17, 15) is 9.59 Å². The summed E-state index contributed by atoms with van der Waals surface area (Å²) in [5.74, 6) is 1.20. The molecule has 0 saturated carbocycles. The molecule has 2 aromatic carbocycles. The number of benzene rings is 2. The van der Waals surface area contributed by atoms with Crippen molar-refractivity contribution in [2.45, 2.75) is 32.2 Å². The SMILES string of the molecule is CCOCCOc1ccccc1C(=O)NC1CCN(C(=O)Cc2ccccc2OC)CC1. The van der Waals surface area contributed by atoms with Gasteiger partial charge in [-0.25, -0.2) is 0 Å². The minimum atomic E-state index is -0.157. The molecule has 2 amide bonds. The summed E-state index contributed by atoms with van der Waals surface area (Å²) in [5, 5.41) is 3.10. The molecule has 1 heterocycles. The minimum Gasteiger partial charge on any atom is -0.496 e. The maximum atomic E-state index is 12.8. The summed E-state index contributed by atoms with van der Waals surface area (Å²) in [7, 11) is 1.61. The molecule has 32 heavy (non-hydrogen) atoms. The lowest BCUT2D eigenvalue weighted by atomic mass is 10.0. The number of amides is 2. The van der Waals surface area contributed by atoms with Crippen LogP contribution in [0.2, 0.25) is 0 Å². The summed E-state index contributed by atoms with van der Waals surface area (Å²) in [5.41, 5.74) is 1.40. The Morgan fingerprint density at radius 2 is 1.69 bits per heavy atom. The van der Waals surface area contributed by atoms with Crippen LogP contribution in [0.15, 0.2) is 48.5 Å². The largest absolute Gasteiger partial charge is 0.496 e. The van der Waals surface area contributed by atoms with Crippen LogP contribution in [0.4, 0.5) is 0 Å². The van der Waals surface area contributed by atoms with E-state index in [-0.39, 0.29) is 17.9 Å². The lowest BCUT2D eigenvalue weighted by Gasteiger charge is -2.32. The number of rotatable bonds is 10. The van der Waals surface area contributed by atoms with Crippen LogP contribution in [0.3, 0.4) is 0 Å². The van der Waals surface area contributed by atoms with Crippen molar-refractivity contribution in [3.05, 3.63) is 59.7 Å². The first-order valence-electron chi connectivity index (χ1n) is 11.1. The Hall–Kier alpha value is -3.06. The molecule has 0 aromatic heterocycles. The smallest absolute Gasteiger partial charge is 0.255 e. The summed E-state index contributed by atoms with van der Waals surface area (Å²) in [4.78, 5) is 27.4. The van der Waals surface area contributed by atoms with E-state index < -0.39 is 0 Å². The number of carbonyl (C=O) groups excluding carboxylic acids is 2. The molecule has 7 heteroatoms. The van der Waals surface area contributed by atoms with Crippen molar-refractivity contribution in [1.29, 1.82) is 0 Å². The highest BCUT2D eigenvalue weighted by Crippen LogP contribution is 2.21. The van der Waals surface area contributed by atoms with Crippen molar-refractivity contribution in [3.8, 4) is 11.5 Å². The topological polar surface area (TPSA) is 77.1 Å². The van der Waals surface area contributed by atoms with E-state index in [1.54, 1.807) is 19.2 Å². The molecular formula is C25H32N2O5. The number of nitrogens with one attached hydrogen (secondary N) is 1. The standard InChI is InChI=1S/C25H32N2O5/c1-3-31-16-17-32-23-11-7-5-9-21(23)25(29)26-20-12-14-27(15-13-20)24(28)18-19-8-4-6-10-22(19)30-2/h4-11,20H,3,12-18H2,1-2H3,(H,26,29). The number of carbonyl (C=O) groups is 2. The van der Waals surface area contributed by atoms with Crippen molar-refractivity contribution in [1.82, 2.24) is 10.2 Å². The van der Waals surface area contributed by atoms with Crippen molar-refractivity contribution >= 4 is 11.8 Å². The van der Waals surface area contributed by atoms with E-state index >= 15 is 0 Å². The van der Waals surface area contributed by atoms with Crippen molar-refractivity contribution in [3.63, 3.8) is 0 Å². The number of hydrogen-bond acceptors (Lipinski definition) is 5. The van der Waals surface area contributed by atoms with E-state index in [0.29, 0.717) is 50.6 Å². The third kappa shape index (κ3) is 6.47. The number of nitrogens with zero attached hydrogens (tertiary/aromatic N) is 1. The lowest BCUT2D eigenvalue weighted by molar-refractivity contribution is -0.131. The fourth-order valence-corrected chi connectivity index (χ4v) is 3.80. The molecule has 0 unspecified atom stereocenters. The zero-order chi connectivity index (χ0) is 22.8. The number of ether oxygens (including phenoxy) is 3. The van der Waals surface area contributed by atoms with Gasteiger partial charge in [0, 0.05) is 31.3 Å². The third-order valence-corrected chi connectivity index (χ3v) is 5.54. The number of piperidine rings is 1. The Morgan fingerprint density at radius 3 is 2.41 bits per heavy atom. The Labute approximate surface area is 189 Å². The number of hydrogen-bond donors (Lipinski definition) is 1. The van der Waals surface area contributed by atoms with Crippen LogP contribution in [0.5, 0.6) is 11.5 Å². The predicted octanol–water partition coefficient (Wildman–Crippen LogP) is 3.07. The summed E-state index contributed by atoms with van der Waals surface area (Å²) in [6.07, 6.45) is 1.75. The van der Waals surface area contributed by atoms with E-state index in [1.165, 1.54) is 0 Å². The number of methoxy groups -OCH3 is 1. The van der Waals surface area contributed by atoms with Gasteiger partial charge in [0.15, 0.2) is 0 Å². The zero-order valence-electron chi connectivity index (χ0n) is 18.8. The van der Waals surface area contributed by atoms with Crippen LogP contribution < -0.4 is 14.8 Å². The van der Waals surface area contributed by atoms with Crippen LogP contribution in [0, 0.1) is 0 Å². The minimum absolute atomic E-state index is 0.0225. The van der Waals surface area contributed by atoms with Crippen LogP contribution in [0.25, 0.3) is 0 Å². The van der Waals surface area contributed by atoms with Gasteiger partial charge >= 0.3 is 0 Å². The van der Waals surface area contributed by atoms with Gasteiger partial charge in [0.25, 0.3) is 5.91 Å². The Bertz CT molecular complexity index is 893. The molecule has 7 nitrogen and oxygen atoms in total. The van der Waals surface area contributed by atoms with Gasteiger partial charge in [-0.15, -0.1) is 0 Å². The molecule has 1 fully saturated rings. The molecule has 2 aromatic rings. The van der Waals surface area contributed by atoms with E-state index in [1.807, 2.05) is 48.2 Å². The highest BCUT2D eigenvalue weighted by molar-refractivity contribution is 5.97. The fourth-order valence-electron chi connectivity index (χ4n) is 3.80. The molecule has 0 aliphatic carbocycles. The van der Waals surface area contributed by atoms with Gasteiger partial charge in [-0.1, -0.05) is 30.3 Å². The van der Waals surface area contributed by atoms with Crippen molar-refractivity contribution in [2.75, 3.05) is 40.0 Å². The molecule has 1 saturated heterocycles. The van der Waals surface area contributed by atoms with Gasteiger partial charge in [-0.2, -0.15) is 0 Å². The van der Waals surface area contributed by atoms with E-state index in [0.717, 1.165) is 24.2 Å². The second-order valence-corrected chi connectivity index (χ2v) is 7.66. The molecule has 172 valence electrons. The average molecular weight is 441 g/mol. The van der Waals surface area contributed by atoms with Crippen molar-refractivity contribution in [2.24, 2.45) is 0 Å². The summed E-state index contributed by atoms with van der Waals surface area (Å²) < 4.78 is 16.4. The predicted molar refractivity (Wildman–Crippen MR) is 122 cm³/mol. The zero-order valence-corrected chi connectivity index (χ0v) is 18.8. The summed E-state index contributed by atoms with van der Waals surface area (Å²) >= 11 is 0. The monoisotopic (exact) mass is 440 g/mol. The molecule has 1 aliphatic heterocycles. The van der Waals surface area contributed by atoms with E-state index in [4.69, 9.17) is 14.2 Å². The normalized spacial score (nSPS) is 14.1. The molecule has 3 rings (SSSR count). The van der Waals surface area contributed by atoms with Gasteiger partial charge in [0.2, 0.25) is 5.91 Å². The summed E-state index contributed by atoms with van der Waals surface area (Å²) in [6, 6.07) is 14.8. The maximum Gasteiger partial charge on any atom is 0.255 e. The van der Waals surface area contributed by atoms with Gasteiger partial charge in [-0.05, 0) is 38.0 Å². The highest BCUT2D eigenvalue weighted by Gasteiger charge is 2.25. The second kappa shape index (κ2) is 12.1. The van der Waals surface area contributed by atoms with Crippen molar-refractivity contribution < 1.29 is 23.8 Å². The number of para-hydroxylation sites is 2. The third-order valence-electron chi connectivity index (χ3n) is 5.54. The van der Waals surface area contributed by atoms with Crippen LogP contribution in [0.1, 0.15) is 35.7 Å². The second-order valence-electron chi connectivity index (χ2n) is 7.66. The molecule has 0 radical (unpaired) electrons.